The van der Waals surface area contributed by atoms with Crippen LogP contribution in [0.3, 0.4) is 0 Å². The Morgan fingerprint density at radius 3 is 2.40 bits per heavy atom. The highest BCUT2D eigenvalue weighted by molar-refractivity contribution is 5.78. The van der Waals surface area contributed by atoms with Gasteiger partial charge in [0.1, 0.15) is 18.8 Å². The zero-order valence-electron chi connectivity index (χ0n) is 8.79. The van der Waals surface area contributed by atoms with Crippen molar-refractivity contribution in [2.45, 2.75) is 12.2 Å². The molecule has 0 spiro atoms. The molecule has 0 unspecified atom stereocenters. The minimum atomic E-state index is -0.200. The molecular weight excluding hydrogens is 200 g/mol. The Bertz CT molecular complexity index is 265. The zero-order chi connectivity index (χ0) is 11.3. The van der Waals surface area contributed by atoms with Crippen LogP contribution in [0.15, 0.2) is 5.11 Å². The standard InChI is InChI=1S/C8H14N4O3/c1-14-6-4-12(5-7(6)15-2)8(13)3-10-11-9/h6-7H,3-5H2,1-2H3/t6-,7-/m1/s1. The van der Waals surface area contributed by atoms with Crippen LogP contribution in [0.1, 0.15) is 0 Å². The fourth-order valence-electron chi connectivity index (χ4n) is 1.59. The van der Waals surface area contributed by atoms with Crippen molar-refractivity contribution < 1.29 is 14.3 Å². The molecule has 2 atom stereocenters. The van der Waals surface area contributed by atoms with Gasteiger partial charge in [-0.2, -0.15) is 0 Å². The summed E-state index contributed by atoms with van der Waals surface area (Å²) in [6.07, 6.45) is -0.213. The van der Waals surface area contributed by atoms with E-state index >= 15 is 0 Å². The maximum atomic E-state index is 11.5. The second-order valence-corrected chi connectivity index (χ2v) is 3.24. The van der Waals surface area contributed by atoms with Crippen molar-refractivity contribution in [1.82, 2.24) is 4.90 Å². The van der Waals surface area contributed by atoms with Gasteiger partial charge in [0, 0.05) is 32.2 Å². The molecule has 0 aromatic carbocycles. The van der Waals surface area contributed by atoms with Crippen LogP contribution in [0, 0.1) is 0 Å². The Morgan fingerprint density at radius 1 is 1.47 bits per heavy atom. The average Bonchev–Trinajstić information content (AvgIpc) is 2.68. The van der Waals surface area contributed by atoms with E-state index in [0.717, 1.165) is 0 Å². The third kappa shape index (κ3) is 2.82. The zero-order valence-corrected chi connectivity index (χ0v) is 8.79. The predicted molar refractivity (Wildman–Crippen MR) is 52.2 cm³/mol. The summed E-state index contributed by atoms with van der Waals surface area (Å²) >= 11 is 0. The molecule has 1 amide bonds. The van der Waals surface area contributed by atoms with Gasteiger partial charge < -0.3 is 14.4 Å². The Morgan fingerprint density at radius 2 is 2.00 bits per heavy atom. The van der Waals surface area contributed by atoms with Gasteiger partial charge in [-0.15, -0.1) is 0 Å². The second-order valence-electron chi connectivity index (χ2n) is 3.24. The lowest BCUT2D eigenvalue weighted by molar-refractivity contribution is -0.129. The van der Waals surface area contributed by atoms with Crippen molar-refractivity contribution in [3.05, 3.63) is 10.4 Å². The molecule has 0 aromatic heterocycles. The number of ether oxygens (including phenoxy) is 2. The van der Waals surface area contributed by atoms with E-state index in [1.807, 2.05) is 0 Å². The number of methoxy groups -OCH3 is 2. The van der Waals surface area contributed by atoms with Gasteiger partial charge in [0.15, 0.2) is 0 Å². The molecule has 1 heterocycles. The first-order valence-electron chi connectivity index (χ1n) is 4.57. The molecule has 0 aliphatic carbocycles. The predicted octanol–water partition coefficient (Wildman–Crippen LogP) is 0.169. The third-order valence-corrected chi connectivity index (χ3v) is 2.44. The molecule has 0 bridgehead atoms. The summed E-state index contributed by atoms with van der Waals surface area (Å²) < 4.78 is 10.4. The number of amides is 1. The Balaban J connectivity index is 2.52. The first-order chi connectivity index (χ1) is 7.22. The van der Waals surface area contributed by atoms with E-state index in [4.69, 9.17) is 15.0 Å². The van der Waals surface area contributed by atoms with E-state index in [0.29, 0.717) is 13.1 Å². The molecule has 0 saturated carbocycles. The summed E-state index contributed by atoms with van der Waals surface area (Å²) in [5, 5.41) is 3.23. The molecule has 1 aliphatic heterocycles. The van der Waals surface area contributed by atoms with E-state index in [9.17, 15) is 4.79 Å². The smallest absolute Gasteiger partial charge is 0.228 e. The average molecular weight is 214 g/mol. The Labute approximate surface area is 87.6 Å². The first-order valence-corrected chi connectivity index (χ1v) is 4.57. The quantitative estimate of drug-likeness (QED) is 0.379. The molecule has 0 aromatic rings. The van der Waals surface area contributed by atoms with E-state index in [1.54, 1.807) is 19.1 Å². The molecule has 84 valence electrons. The number of azide groups is 1. The third-order valence-electron chi connectivity index (χ3n) is 2.44. The second kappa shape index (κ2) is 5.55. The summed E-state index contributed by atoms with van der Waals surface area (Å²) in [5.74, 6) is -0.200. The number of hydrogen-bond acceptors (Lipinski definition) is 4. The molecule has 7 heteroatoms. The molecule has 0 N–H and O–H groups in total. The molecule has 1 aliphatic rings. The van der Waals surface area contributed by atoms with Crippen molar-refractivity contribution in [3.63, 3.8) is 0 Å². The lowest BCUT2D eigenvalue weighted by atomic mass is 10.3. The van der Waals surface area contributed by atoms with Gasteiger partial charge in [-0.25, -0.2) is 0 Å². The molecule has 1 saturated heterocycles. The topological polar surface area (TPSA) is 87.5 Å². The van der Waals surface area contributed by atoms with Gasteiger partial charge in [0.05, 0.1) is 0 Å². The van der Waals surface area contributed by atoms with Crippen LogP contribution in [0.2, 0.25) is 0 Å². The van der Waals surface area contributed by atoms with Gasteiger partial charge in [-0.05, 0) is 5.53 Å². The monoisotopic (exact) mass is 214 g/mol. The summed E-state index contributed by atoms with van der Waals surface area (Å²) in [6.45, 7) is 0.812. The number of carbonyl (C=O) groups excluding carboxylic acids is 1. The van der Waals surface area contributed by atoms with Gasteiger partial charge in [-0.1, -0.05) is 5.11 Å². The van der Waals surface area contributed by atoms with Crippen molar-refractivity contribution in [3.8, 4) is 0 Å². The largest absolute Gasteiger partial charge is 0.377 e. The van der Waals surface area contributed by atoms with Crippen molar-refractivity contribution in [1.29, 1.82) is 0 Å². The molecule has 1 fully saturated rings. The fraction of sp³-hybridized carbons (Fsp3) is 0.875. The van der Waals surface area contributed by atoms with Gasteiger partial charge in [-0.3, -0.25) is 4.79 Å². The van der Waals surface area contributed by atoms with Crippen LogP contribution in [0.25, 0.3) is 10.4 Å². The summed E-state index contributed by atoms with van der Waals surface area (Å²) in [5.41, 5.74) is 8.09. The fourth-order valence-corrected chi connectivity index (χ4v) is 1.59. The van der Waals surface area contributed by atoms with E-state index < -0.39 is 0 Å². The summed E-state index contributed by atoms with van der Waals surface area (Å²) in [6, 6.07) is 0. The maximum absolute atomic E-state index is 11.5. The lowest BCUT2D eigenvalue weighted by Crippen LogP contribution is -2.31. The molecule has 1 rings (SSSR count). The highest BCUT2D eigenvalue weighted by atomic mass is 16.5. The number of carbonyl (C=O) groups is 1. The van der Waals surface area contributed by atoms with Crippen LogP contribution >= 0.6 is 0 Å². The molecule has 0 radical (unpaired) electrons. The summed E-state index contributed by atoms with van der Waals surface area (Å²) in [7, 11) is 3.16. The van der Waals surface area contributed by atoms with E-state index in [-0.39, 0.29) is 24.7 Å². The van der Waals surface area contributed by atoms with Gasteiger partial charge in [0.25, 0.3) is 0 Å². The first kappa shape index (κ1) is 11.8. The van der Waals surface area contributed by atoms with E-state index in [2.05, 4.69) is 10.0 Å². The highest BCUT2D eigenvalue weighted by Gasteiger charge is 2.34. The summed E-state index contributed by atoms with van der Waals surface area (Å²) in [4.78, 5) is 15.6. The Kier molecular flexibility index (Phi) is 4.36. The van der Waals surface area contributed by atoms with Gasteiger partial charge >= 0.3 is 0 Å². The van der Waals surface area contributed by atoms with Crippen molar-refractivity contribution >= 4 is 5.91 Å². The number of likely N-dealkylation sites (tertiary alicyclic amines) is 1. The minimum Gasteiger partial charge on any atom is -0.377 e. The lowest BCUT2D eigenvalue weighted by Gasteiger charge is -2.13. The molecule has 15 heavy (non-hydrogen) atoms. The number of nitrogens with zero attached hydrogens (tertiary/aromatic N) is 4. The minimum absolute atomic E-state index is 0.106. The molecular formula is C8H14N4O3. The van der Waals surface area contributed by atoms with Crippen LogP contribution in [0.4, 0.5) is 0 Å². The normalized spacial score (nSPS) is 25.1. The van der Waals surface area contributed by atoms with Crippen LogP contribution < -0.4 is 0 Å². The highest BCUT2D eigenvalue weighted by Crippen LogP contribution is 2.15. The van der Waals surface area contributed by atoms with E-state index in [1.165, 1.54) is 0 Å². The van der Waals surface area contributed by atoms with Crippen LogP contribution in [-0.2, 0) is 14.3 Å². The van der Waals surface area contributed by atoms with Gasteiger partial charge in [0.2, 0.25) is 5.91 Å². The molecule has 7 nitrogen and oxygen atoms in total. The number of hydrogen-bond donors (Lipinski definition) is 0. The SMILES string of the molecule is CO[C@@H]1CN(C(=O)CN=[N+]=[N-])C[C@H]1OC. The Hall–Kier alpha value is -1.30. The van der Waals surface area contributed by atoms with Crippen molar-refractivity contribution in [2.75, 3.05) is 33.9 Å². The number of rotatable bonds is 4. The van der Waals surface area contributed by atoms with Crippen LogP contribution in [-0.4, -0.2) is 56.9 Å². The maximum Gasteiger partial charge on any atom is 0.228 e. The van der Waals surface area contributed by atoms with Crippen molar-refractivity contribution in [2.24, 2.45) is 5.11 Å². The van der Waals surface area contributed by atoms with Crippen LogP contribution in [0.5, 0.6) is 0 Å².